The first-order chi connectivity index (χ1) is 15.7. The quantitative estimate of drug-likeness (QED) is 0.506. The van der Waals surface area contributed by atoms with E-state index in [1.54, 1.807) is 12.4 Å². The second kappa shape index (κ2) is 8.76. The number of nitrogens with one attached hydrogen (secondary N) is 2. The van der Waals surface area contributed by atoms with Gasteiger partial charge in [0.1, 0.15) is 5.65 Å². The highest BCUT2D eigenvalue weighted by Crippen LogP contribution is 2.30. The Morgan fingerprint density at radius 1 is 1.09 bits per heavy atom. The number of nitrogens with zero attached hydrogens (tertiary/aromatic N) is 4. The second-order valence-corrected chi connectivity index (χ2v) is 7.79. The summed E-state index contributed by atoms with van der Waals surface area (Å²) < 4.78 is 5.45. The number of aromatic nitrogens is 4. The molecule has 0 spiro atoms. The molecule has 32 heavy (non-hydrogen) atoms. The number of fused-ring (bicyclic) bond motifs is 1. The predicted octanol–water partition coefficient (Wildman–Crippen LogP) is 3.35. The van der Waals surface area contributed by atoms with Gasteiger partial charge in [-0.2, -0.15) is 0 Å². The third-order valence-electron chi connectivity index (χ3n) is 5.71. The van der Waals surface area contributed by atoms with Gasteiger partial charge in [0.25, 0.3) is 5.91 Å². The number of hydrogen-bond acceptors (Lipinski definition) is 6. The lowest BCUT2D eigenvalue weighted by Crippen LogP contribution is -2.36. The van der Waals surface area contributed by atoms with Crippen LogP contribution in [0.2, 0.25) is 0 Å². The van der Waals surface area contributed by atoms with Crippen LogP contribution >= 0.6 is 0 Å². The SMILES string of the molecule is C[C@@H](NC(=O)c1ncc(-c2c[nH]c3ncc(N4CCOCC4)cc23)cn1)c1ccccc1. The minimum Gasteiger partial charge on any atom is -0.378 e. The van der Waals surface area contributed by atoms with Crippen molar-refractivity contribution >= 4 is 22.6 Å². The Hall–Kier alpha value is -3.78. The molecule has 1 amide bonds. The van der Waals surface area contributed by atoms with Crippen LogP contribution in [0.25, 0.3) is 22.2 Å². The molecule has 4 heterocycles. The molecule has 2 N–H and O–H groups in total. The normalized spacial score (nSPS) is 15.0. The minimum atomic E-state index is -0.303. The molecule has 3 aromatic heterocycles. The zero-order chi connectivity index (χ0) is 21.9. The molecular formula is C24H24N6O2. The number of carbonyl (C=O) groups is 1. The first-order valence-corrected chi connectivity index (χ1v) is 10.7. The molecule has 1 saturated heterocycles. The summed E-state index contributed by atoms with van der Waals surface area (Å²) in [6.07, 6.45) is 7.14. The Balaban J connectivity index is 1.36. The molecule has 0 radical (unpaired) electrons. The molecule has 1 fully saturated rings. The van der Waals surface area contributed by atoms with E-state index in [1.165, 1.54) is 0 Å². The zero-order valence-electron chi connectivity index (χ0n) is 17.8. The van der Waals surface area contributed by atoms with Crippen molar-refractivity contribution in [3.8, 4) is 11.1 Å². The molecule has 8 heteroatoms. The highest BCUT2D eigenvalue weighted by Gasteiger charge is 2.17. The van der Waals surface area contributed by atoms with Crippen molar-refractivity contribution in [1.29, 1.82) is 0 Å². The molecule has 1 aliphatic heterocycles. The molecule has 1 aromatic carbocycles. The summed E-state index contributed by atoms with van der Waals surface area (Å²) in [7, 11) is 0. The molecule has 0 aliphatic carbocycles. The van der Waals surface area contributed by atoms with Gasteiger partial charge in [0.05, 0.1) is 31.1 Å². The van der Waals surface area contributed by atoms with E-state index in [-0.39, 0.29) is 17.8 Å². The van der Waals surface area contributed by atoms with Crippen LogP contribution in [-0.4, -0.2) is 52.1 Å². The van der Waals surface area contributed by atoms with Gasteiger partial charge in [0.15, 0.2) is 0 Å². The topological polar surface area (TPSA) is 96.0 Å². The third kappa shape index (κ3) is 4.04. The van der Waals surface area contributed by atoms with Crippen LogP contribution in [0.3, 0.4) is 0 Å². The molecule has 1 aliphatic rings. The molecule has 0 unspecified atom stereocenters. The van der Waals surface area contributed by atoms with Gasteiger partial charge in [0, 0.05) is 48.2 Å². The number of rotatable bonds is 5. The smallest absolute Gasteiger partial charge is 0.289 e. The van der Waals surface area contributed by atoms with Gasteiger partial charge < -0.3 is 19.9 Å². The van der Waals surface area contributed by atoms with Gasteiger partial charge in [-0.15, -0.1) is 0 Å². The molecule has 4 aromatic rings. The maximum Gasteiger partial charge on any atom is 0.289 e. The zero-order valence-corrected chi connectivity index (χ0v) is 17.8. The van der Waals surface area contributed by atoms with E-state index in [0.29, 0.717) is 0 Å². The Labute approximate surface area is 185 Å². The fraction of sp³-hybridized carbons (Fsp3) is 0.250. The molecule has 1 atom stereocenters. The van der Waals surface area contributed by atoms with Crippen LogP contribution in [0.5, 0.6) is 0 Å². The number of hydrogen-bond donors (Lipinski definition) is 2. The first kappa shape index (κ1) is 20.1. The van der Waals surface area contributed by atoms with Crippen LogP contribution in [-0.2, 0) is 4.74 Å². The third-order valence-corrected chi connectivity index (χ3v) is 5.71. The first-order valence-electron chi connectivity index (χ1n) is 10.7. The number of anilines is 1. The van der Waals surface area contributed by atoms with Crippen LogP contribution in [0, 0.1) is 0 Å². The summed E-state index contributed by atoms with van der Waals surface area (Å²) in [5.41, 5.74) is 4.67. The summed E-state index contributed by atoms with van der Waals surface area (Å²) in [4.78, 5) is 31.3. The lowest BCUT2D eigenvalue weighted by molar-refractivity contribution is 0.0929. The highest BCUT2D eigenvalue weighted by molar-refractivity contribution is 5.95. The van der Waals surface area contributed by atoms with Crippen molar-refractivity contribution in [3.63, 3.8) is 0 Å². The van der Waals surface area contributed by atoms with Crippen molar-refractivity contribution < 1.29 is 9.53 Å². The molecule has 162 valence electrons. The number of ether oxygens (including phenoxy) is 1. The Morgan fingerprint density at radius 2 is 1.84 bits per heavy atom. The number of carbonyl (C=O) groups excluding carboxylic acids is 1. The summed E-state index contributed by atoms with van der Waals surface area (Å²) in [6.45, 7) is 5.08. The number of benzene rings is 1. The summed E-state index contributed by atoms with van der Waals surface area (Å²) in [6, 6.07) is 11.8. The predicted molar refractivity (Wildman–Crippen MR) is 122 cm³/mol. The second-order valence-electron chi connectivity index (χ2n) is 7.79. The summed E-state index contributed by atoms with van der Waals surface area (Å²) in [5.74, 6) is -0.161. The number of aromatic amines is 1. The number of pyridine rings is 1. The number of amides is 1. The van der Waals surface area contributed by atoms with E-state index in [1.807, 2.05) is 49.6 Å². The van der Waals surface area contributed by atoms with Crippen LogP contribution in [0.4, 0.5) is 5.69 Å². The van der Waals surface area contributed by atoms with Crippen LogP contribution in [0.1, 0.15) is 29.1 Å². The molecule has 5 rings (SSSR count). The Morgan fingerprint density at radius 3 is 2.59 bits per heavy atom. The summed E-state index contributed by atoms with van der Waals surface area (Å²) in [5, 5.41) is 3.94. The Bertz CT molecular complexity index is 1220. The van der Waals surface area contributed by atoms with Gasteiger partial charge in [0.2, 0.25) is 5.82 Å². The fourth-order valence-corrected chi connectivity index (χ4v) is 3.90. The lowest BCUT2D eigenvalue weighted by atomic mass is 10.1. The molecule has 8 nitrogen and oxygen atoms in total. The largest absolute Gasteiger partial charge is 0.378 e. The van der Waals surface area contributed by atoms with E-state index in [0.717, 1.165) is 59.7 Å². The standard InChI is InChI=1S/C24H24N6O2/c1-16(17-5-3-2-4-6-17)29-24(31)23-25-12-18(13-26-23)21-15-28-22-20(21)11-19(14-27-22)30-7-9-32-10-8-30/h2-6,11-16H,7-10H2,1H3,(H,27,28)(H,29,31)/t16-/m1/s1. The maximum absolute atomic E-state index is 12.6. The van der Waals surface area contributed by atoms with E-state index < -0.39 is 0 Å². The highest BCUT2D eigenvalue weighted by atomic mass is 16.5. The van der Waals surface area contributed by atoms with Gasteiger partial charge in [-0.1, -0.05) is 30.3 Å². The van der Waals surface area contributed by atoms with Gasteiger partial charge in [-0.3, -0.25) is 4.79 Å². The van der Waals surface area contributed by atoms with E-state index >= 15 is 0 Å². The van der Waals surface area contributed by atoms with Crippen molar-refractivity contribution in [2.45, 2.75) is 13.0 Å². The van der Waals surface area contributed by atoms with E-state index in [2.05, 4.69) is 36.2 Å². The van der Waals surface area contributed by atoms with Crippen LogP contribution in [0.15, 0.2) is 61.2 Å². The number of morpholine rings is 1. The summed E-state index contributed by atoms with van der Waals surface area (Å²) >= 11 is 0. The molecule has 0 bridgehead atoms. The van der Waals surface area contributed by atoms with Crippen molar-refractivity contribution in [3.05, 3.63) is 72.6 Å². The lowest BCUT2D eigenvalue weighted by Gasteiger charge is -2.28. The molecule has 0 saturated carbocycles. The monoisotopic (exact) mass is 428 g/mol. The van der Waals surface area contributed by atoms with E-state index in [9.17, 15) is 4.79 Å². The Kier molecular flexibility index (Phi) is 5.51. The van der Waals surface area contributed by atoms with Crippen LogP contribution < -0.4 is 10.2 Å². The fourth-order valence-electron chi connectivity index (χ4n) is 3.90. The average Bonchev–Trinajstić information content (AvgIpc) is 3.28. The minimum absolute atomic E-state index is 0.134. The van der Waals surface area contributed by atoms with E-state index in [4.69, 9.17) is 4.74 Å². The van der Waals surface area contributed by atoms with Gasteiger partial charge in [-0.05, 0) is 18.6 Å². The average molecular weight is 428 g/mol. The van der Waals surface area contributed by atoms with Gasteiger partial charge in [-0.25, -0.2) is 15.0 Å². The van der Waals surface area contributed by atoms with Gasteiger partial charge >= 0.3 is 0 Å². The maximum atomic E-state index is 12.6. The van der Waals surface area contributed by atoms with Crippen molar-refractivity contribution in [2.75, 3.05) is 31.2 Å². The molecular weight excluding hydrogens is 404 g/mol. The number of H-pyrrole nitrogens is 1. The van der Waals surface area contributed by atoms with Crippen molar-refractivity contribution in [1.82, 2.24) is 25.3 Å². The van der Waals surface area contributed by atoms with Crippen molar-refractivity contribution in [2.24, 2.45) is 0 Å².